The van der Waals surface area contributed by atoms with Gasteiger partial charge in [-0.15, -0.1) is 0 Å². The second-order valence-corrected chi connectivity index (χ2v) is 5.62. The third-order valence-corrected chi connectivity index (χ3v) is 3.72. The zero-order chi connectivity index (χ0) is 16.9. The van der Waals surface area contributed by atoms with Crippen LogP contribution in [0.5, 0.6) is 5.75 Å². The standard InChI is InChI=1S/C18H15ClFN3O/c19-13-1-3-15-16(5-6-22-17(15)10-13)23-8-7-21-11-12-9-14(20)2-4-18(12)24/h1-6,9-11,24H,7-8H2,(H,22,23). The van der Waals surface area contributed by atoms with Crippen molar-refractivity contribution < 1.29 is 9.50 Å². The number of phenolic OH excluding ortho intramolecular Hbond substituents is 1. The number of hydrogen-bond donors (Lipinski definition) is 2. The molecule has 0 saturated heterocycles. The predicted octanol–water partition coefficient (Wildman–Crippen LogP) is 4.26. The third-order valence-electron chi connectivity index (χ3n) is 3.48. The quantitative estimate of drug-likeness (QED) is 0.537. The maximum absolute atomic E-state index is 13.1. The molecule has 3 aromatic rings. The number of halogens is 2. The summed E-state index contributed by atoms with van der Waals surface area (Å²) in [5.41, 5.74) is 2.13. The molecule has 0 atom stereocenters. The zero-order valence-corrected chi connectivity index (χ0v) is 13.5. The van der Waals surface area contributed by atoms with Gasteiger partial charge < -0.3 is 10.4 Å². The van der Waals surface area contributed by atoms with E-state index in [-0.39, 0.29) is 5.75 Å². The van der Waals surface area contributed by atoms with Gasteiger partial charge in [0.05, 0.1) is 12.1 Å². The molecule has 0 unspecified atom stereocenters. The number of pyridine rings is 1. The van der Waals surface area contributed by atoms with E-state index in [9.17, 15) is 9.50 Å². The SMILES string of the molecule is Oc1ccc(F)cc1C=NCCNc1ccnc2cc(Cl)ccc12. The maximum atomic E-state index is 13.1. The monoisotopic (exact) mass is 343 g/mol. The molecular formula is C18H15ClFN3O. The summed E-state index contributed by atoms with van der Waals surface area (Å²) in [7, 11) is 0. The van der Waals surface area contributed by atoms with Crippen molar-refractivity contribution in [2.24, 2.45) is 4.99 Å². The molecule has 2 N–H and O–H groups in total. The predicted molar refractivity (Wildman–Crippen MR) is 95.8 cm³/mol. The highest BCUT2D eigenvalue weighted by Gasteiger charge is 2.02. The Labute approximate surface area is 143 Å². The van der Waals surface area contributed by atoms with Gasteiger partial charge in [-0.1, -0.05) is 11.6 Å². The summed E-state index contributed by atoms with van der Waals surface area (Å²) in [6.07, 6.45) is 3.18. The number of aliphatic imine (C=N–C) groups is 1. The number of fused-ring (bicyclic) bond motifs is 1. The van der Waals surface area contributed by atoms with Crippen LogP contribution in [-0.4, -0.2) is 29.4 Å². The largest absolute Gasteiger partial charge is 0.507 e. The van der Waals surface area contributed by atoms with Gasteiger partial charge in [0.25, 0.3) is 0 Å². The van der Waals surface area contributed by atoms with Gasteiger partial charge in [-0.05, 0) is 42.5 Å². The van der Waals surface area contributed by atoms with Crippen LogP contribution in [0.2, 0.25) is 5.02 Å². The Morgan fingerprint density at radius 2 is 2.08 bits per heavy atom. The highest BCUT2D eigenvalue weighted by molar-refractivity contribution is 6.31. The average molecular weight is 344 g/mol. The van der Waals surface area contributed by atoms with E-state index in [0.717, 1.165) is 16.6 Å². The summed E-state index contributed by atoms with van der Waals surface area (Å²) in [6.45, 7) is 1.07. The molecule has 122 valence electrons. The van der Waals surface area contributed by atoms with Crippen molar-refractivity contribution >= 4 is 34.4 Å². The fourth-order valence-electron chi connectivity index (χ4n) is 2.32. The molecule has 0 aliphatic rings. The smallest absolute Gasteiger partial charge is 0.124 e. The molecule has 2 aromatic carbocycles. The first kappa shape index (κ1) is 16.2. The first-order valence-corrected chi connectivity index (χ1v) is 7.78. The summed E-state index contributed by atoms with van der Waals surface area (Å²) < 4.78 is 13.1. The molecule has 0 aliphatic carbocycles. The number of benzene rings is 2. The second-order valence-electron chi connectivity index (χ2n) is 5.19. The van der Waals surface area contributed by atoms with E-state index in [1.165, 1.54) is 24.4 Å². The Balaban J connectivity index is 1.63. The van der Waals surface area contributed by atoms with Crippen LogP contribution in [0.1, 0.15) is 5.56 Å². The van der Waals surface area contributed by atoms with Crippen LogP contribution >= 0.6 is 11.6 Å². The fourth-order valence-corrected chi connectivity index (χ4v) is 2.49. The highest BCUT2D eigenvalue weighted by Crippen LogP contribution is 2.24. The van der Waals surface area contributed by atoms with Gasteiger partial charge in [-0.3, -0.25) is 9.98 Å². The molecule has 1 heterocycles. The Morgan fingerprint density at radius 1 is 1.21 bits per heavy atom. The molecule has 3 rings (SSSR count). The van der Waals surface area contributed by atoms with Crippen LogP contribution in [0.4, 0.5) is 10.1 Å². The molecule has 0 spiro atoms. The van der Waals surface area contributed by atoms with Crippen molar-refractivity contribution in [1.82, 2.24) is 4.98 Å². The van der Waals surface area contributed by atoms with E-state index in [1.54, 1.807) is 6.20 Å². The molecule has 0 fully saturated rings. The number of nitrogens with zero attached hydrogens (tertiary/aromatic N) is 2. The van der Waals surface area contributed by atoms with E-state index in [1.807, 2.05) is 24.3 Å². The highest BCUT2D eigenvalue weighted by atomic mass is 35.5. The number of phenols is 1. The summed E-state index contributed by atoms with van der Waals surface area (Å²) in [4.78, 5) is 8.49. The van der Waals surface area contributed by atoms with Crippen LogP contribution in [0.15, 0.2) is 53.7 Å². The number of hydrogen-bond acceptors (Lipinski definition) is 4. The summed E-state index contributed by atoms with van der Waals surface area (Å²) >= 11 is 5.97. The van der Waals surface area contributed by atoms with Crippen molar-refractivity contribution in [2.75, 3.05) is 18.4 Å². The molecule has 4 nitrogen and oxygen atoms in total. The number of anilines is 1. The molecule has 24 heavy (non-hydrogen) atoms. The normalized spacial score (nSPS) is 11.2. The van der Waals surface area contributed by atoms with Crippen LogP contribution < -0.4 is 5.32 Å². The molecule has 0 saturated carbocycles. The van der Waals surface area contributed by atoms with Gasteiger partial charge in [-0.2, -0.15) is 0 Å². The number of nitrogens with one attached hydrogen (secondary N) is 1. The minimum Gasteiger partial charge on any atom is -0.507 e. The third kappa shape index (κ3) is 3.81. The van der Waals surface area contributed by atoms with Crippen molar-refractivity contribution in [1.29, 1.82) is 0 Å². The summed E-state index contributed by atoms with van der Waals surface area (Å²) in [6, 6.07) is 11.2. The molecule has 6 heteroatoms. The lowest BCUT2D eigenvalue weighted by Crippen LogP contribution is -2.05. The van der Waals surface area contributed by atoms with Crippen LogP contribution in [0, 0.1) is 5.82 Å². The van der Waals surface area contributed by atoms with Gasteiger partial charge in [0, 0.05) is 40.6 Å². The maximum Gasteiger partial charge on any atom is 0.124 e. The molecule has 0 radical (unpaired) electrons. The number of aromatic nitrogens is 1. The molecule has 0 bridgehead atoms. The number of aromatic hydroxyl groups is 1. The minimum atomic E-state index is -0.408. The van der Waals surface area contributed by atoms with Crippen molar-refractivity contribution in [2.45, 2.75) is 0 Å². The first-order chi connectivity index (χ1) is 11.6. The summed E-state index contributed by atoms with van der Waals surface area (Å²) in [5.74, 6) is -0.403. The van der Waals surface area contributed by atoms with E-state index in [4.69, 9.17) is 11.6 Å². The lowest BCUT2D eigenvalue weighted by Gasteiger charge is -2.08. The van der Waals surface area contributed by atoms with Crippen LogP contribution in [-0.2, 0) is 0 Å². The zero-order valence-electron chi connectivity index (χ0n) is 12.7. The lowest BCUT2D eigenvalue weighted by atomic mass is 10.2. The van der Waals surface area contributed by atoms with Crippen LogP contribution in [0.25, 0.3) is 10.9 Å². The minimum absolute atomic E-state index is 0.00474. The van der Waals surface area contributed by atoms with Gasteiger partial charge in [-0.25, -0.2) is 4.39 Å². The molecule has 0 aliphatic heterocycles. The summed E-state index contributed by atoms with van der Waals surface area (Å²) in [5, 5.41) is 14.5. The van der Waals surface area contributed by atoms with E-state index < -0.39 is 5.82 Å². The van der Waals surface area contributed by atoms with Crippen molar-refractivity contribution in [3.8, 4) is 5.75 Å². The van der Waals surface area contributed by atoms with Crippen molar-refractivity contribution in [3.63, 3.8) is 0 Å². The van der Waals surface area contributed by atoms with Crippen LogP contribution in [0.3, 0.4) is 0 Å². The van der Waals surface area contributed by atoms with Gasteiger partial charge in [0.1, 0.15) is 11.6 Å². The number of rotatable bonds is 5. The van der Waals surface area contributed by atoms with E-state index >= 15 is 0 Å². The fraction of sp³-hybridized carbons (Fsp3) is 0.111. The lowest BCUT2D eigenvalue weighted by molar-refractivity contribution is 0.472. The molecule has 0 amide bonds. The average Bonchev–Trinajstić information content (AvgIpc) is 2.57. The topological polar surface area (TPSA) is 57.5 Å². The van der Waals surface area contributed by atoms with Gasteiger partial charge in [0.15, 0.2) is 0 Å². The Hall–Kier alpha value is -2.66. The van der Waals surface area contributed by atoms with Crippen molar-refractivity contribution in [3.05, 3.63) is 65.1 Å². The van der Waals surface area contributed by atoms with Gasteiger partial charge in [0.2, 0.25) is 0 Å². The van der Waals surface area contributed by atoms with E-state index in [2.05, 4.69) is 15.3 Å². The first-order valence-electron chi connectivity index (χ1n) is 7.40. The second kappa shape index (κ2) is 7.27. The Morgan fingerprint density at radius 3 is 2.96 bits per heavy atom. The Bertz CT molecular complexity index is 899. The molecular weight excluding hydrogens is 329 g/mol. The van der Waals surface area contributed by atoms with Gasteiger partial charge >= 0.3 is 0 Å². The Kier molecular flexibility index (Phi) is 4.91. The molecule has 1 aromatic heterocycles. The van der Waals surface area contributed by atoms with E-state index in [0.29, 0.717) is 23.7 Å².